The van der Waals surface area contributed by atoms with Crippen LogP contribution in [0.25, 0.3) is 11.1 Å². The Balaban J connectivity index is 0.00000243. The van der Waals surface area contributed by atoms with E-state index in [4.69, 9.17) is 15.2 Å². The second-order valence-corrected chi connectivity index (χ2v) is 5.99. The third-order valence-corrected chi connectivity index (χ3v) is 4.22. The molecule has 3 nitrogen and oxygen atoms in total. The van der Waals surface area contributed by atoms with Crippen molar-refractivity contribution < 1.29 is 9.47 Å². The first-order valence-corrected chi connectivity index (χ1v) is 8.36. The summed E-state index contributed by atoms with van der Waals surface area (Å²) in [6.07, 6.45) is 0. The number of ether oxygens (including phenoxy) is 2. The summed E-state index contributed by atoms with van der Waals surface area (Å²) >= 11 is 0. The number of aryl methyl sites for hydroxylation is 1. The Morgan fingerprint density at radius 3 is 2.19 bits per heavy atom. The average molecular weight is 370 g/mol. The Kier molecular flexibility index (Phi) is 7.07. The van der Waals surface area contributed by atoms with E-state index >= 15 is 0 Å². The third kappa shape index (κ3) is 4.57. The minimum Gasteiger partial charge on any atom is -0.497 e. The van der Waals surface area contributed by atoms with Crippen LogP contribution in [-0.4, -0.2) is 7.11 Å². The van der Waals surface area contributed by atoms with Gasteiger partial charge in [0.25, 0.3) is 0 Å². The normalized spacial score (nSPS) is 10.1. The molecule has 26 heavy (non-hydrogen) atoms. The van der Waals surface area contributed by atoms with Crippen molar-refractivity contribution in [2.45, 2.75) is 20.1 Å². The topological polar surface area (TPSA) is 44.5 Å². The van der Waals surface area contributed by atoms with Crippen LogP contribution in [0.15, 0.2) is 66.7 Å². The van der Waals surface area contributed by atoms with Crippen LogP contribution in [0.3, 0.4) is 0 Å². The molecule has 0 saturated heterocycles. The van der Waals surface area contributed by atoms with Gasteiger partial charge in [-0.25, -0.2) is 0 Å². The second kappa shape index (κ2) is 9.27. The SMILES string of the molecule is COc1ccc(-c2cc(C)c(OCc3ccccc3)c(CN)c2)cc1.Cl. The standard InChI is InChI=1S/C22H23NO2.ClH/c1-16-12-19(18-8-10-21(24-2)11-9-18)13-20(14-23)22(16)25-15-17-6-4-3-5-7-17;/h3-13H,14-15,23H2,1-2H3;1H. The summed E-state index contributed by atoms with van der Waals surface area (Å²) < 4.78 is 11.3. The van der Waals surface area contributed by atoms with Crippen LogP contribution in [-0.2, 0) is 13.2 Å². The Morgan fingerprint density at radius 2 is 1.58 bits per heavy atom. The van der Waals surface area contributed by atoms with E-state index < -0.39 is 0 Å². The summed E-state index contributed by atoms with van der Waals surface area (Å²) in [7, 11) is 1.67. The lowest BCUT2D eigenvalue weighted by atomic mass is 9.99. The summed E-state index contributed by atoms with van der Waals surface area (Å²) in [6, 6.07) is 22.4. The first kappa shape index (κ1) is 19.8. The molecule has 0 bridgehead atoms. The van der Waals surface area contributed by atoms with Gasteiger partial charge in [-0.2, -0.15) is 0 Å². The lowest BCUT2D eigenvalue weighted by Gasteiger charge is -2.16. The molecule has 0 heterocycles. The van der Waals surface area contributed by atoms with E-state index in [0.29, 0.717) is 13.2 Å². The molecule has 0 aliphatic rings. The van der Waals surface area contributed by atoms with Crippen molar-refractivity contribution in [1.29, 1.82) is 0 Å². The van der Waals surface area contributed by atoms with Gasteiger partial charge in [-0.15, -0.1) is 12.4 Å². The maximum atomic E-state index is 6.07. The molecule has 0 aliphatic carbocycles. The van der Waals surface area contributed by atoms with Gasteiger partial charge in [-0.1, -0.05) is 42.5 Å². The van der Waals surface area contributed by atoms with Crippen molar-refractivity contribution in [3.63, 3.8) is 0 Å². The fraction of sp³-hybridized carbons (Fsp3) is 0.182. The summed E-state index contributed by atoms with van der Waals surface area (Å²) in [6.45, 7) is 3.04. The summed E-state index contributed by atoms with van der Waals surface area (Å²) in [5.41, 5.74) is 11.5. The minimum atomic E-state index is 0. The highest BCUT2D eigenvalue weighted by Gasteiger charge is 2.10. The molecule has 0 spiro atoms. The van der Waals surface area contributed by atoms with Crippen molar-refractivity contribution in [2.24, 2.45) is 5.73 Å². The molecule has 0 saturated carbocycles. The van der Waals surface area contributed by atoms with E-state index in [9.17, 15) is 0 Å². The van der Waals surface area contributed by atoms with Gasteiger partial charge in [0.2, 0.25) is 0 Å². The fourth-order valence-corrected chi connectivity index (χ4v) is 2.89. The van der Waals surface area contributed by atoms with Crippen molar-refractivity contribution in [1.82, 2.24) is 0 Å². The average Bonchev–Trinajstić information content (AvgIpc) is 2.67. The lowest BCUT2D eigenvalue weighted by Crippen LogP contribution is -2.05. The van der Waals surface area contributed by atoms with E-state index in [-0.39, 0.29) is 12.4 Å². The number of hydrogen-bond acceptors (Lipinski definition) is 3. The van der Waals surface area contributed by atoms with Gasteiger partial charge in [0, 0.05) is 12.1 Å². The van der Waals surface area contributed by atoms with Crippen molar-refractivity contribution in [3.8, 4) is 22.6 Å². The number of methoxy groups -OCH3 is 1. The first-order valence-electron chi connectivity index (χ1n) is 8.36. The maximum Gasteiger partial charge on any atom is 0.127 e. The molecule has 0 fully saturated rings. The number of halogens is 1. The summed E-state index contributed by atoms with van der Waals surface area (Å²) in [5.74, 6) is 1.73. The first-order chi connectivity index (χ1) is 12.2. The smallest absolute Gasteiger partial charge is 0.127 e. The molecule has 0 aliphatic heterocycles. The Morgan fingerprint density at radius 1 is 0.885 bits per heavy atom. The number of benzene rings is 3. The molecular formula is C22H24ClNO2. The van der Waals surface area contributed by atoms with E-state index in [1.807, 2.05) is 30.3 Å². The zero-order chi connectivity index (χ0) is 17.6. The Hall–Kier alpha value is -2.49. The number of nitrogens with two attached hydrogens (primary N) is 1. The zero-order valence-electron chi connectivity index (χ0n) is 15.1. The van der Waals surface area contributed by atoms with Crippen LogP contribution >= 0.6 is 12.4 Å². The van der Waals surface area contributed by atoms with Crippen LogP contribution in [0, 0.1) is 6.92 Å². The van der Waals surface area contributed by atoms with Gasteiger partial charge in [0.05, 0.1) is 7.11 Å². The van der Waals surface area contributed by atoms with Crippen molar-refractivity contribution in [2.75, 3.05) is 7.11 Å². The molecule has 136 valence electrons. The fourth-order valence-electron chi connectivity index (χ4n) is 2.89. The van der Waals surface area contributed by atoms with E-state index in [2.05, 4.69) is 43.3 Å². The van der Waals surface area contributed by atoms with Crippen LogP contribution in [0.1, 0.15) is 16.7 Å². The van der Waals surface area contributed by atoms with Crippen molar-refractivity contribution in [3.05, 3.63) is 83.4 Å². The Labute approximate surface area is 161 Å². The molecule has 0 amide bonds. The quantitative estimate of drug-likeness (QED) is 0.655. The van der Waals surface area contributed by atoms with Gasteiger partial charge in [0.1, 0.15) is 18.1 Å². The van der Waals surface area contributed by atoms with Gasteiger partial charge < -0.3 is 15.2 Å². The zero-order valence-corrected chi connectivity index (χ0v) is 15.9. The highest BCUT2D eigenvalue weighted by atomic mass is 35.5. The monoisotopic (exact) mass is 369 g/mol. The molecule has 0 aromatic heterocycles. The van der Waals surface area contributed by atoms with Crippen LogP contribution in [0.2, 0.25) is 0 Å². The number of rotatable bonds is 6. The van der Waals surface area contributed by atoms with Gasteiger partial charge in [0.15, 0.2) is 0 Å². The van der Waals surface area contributed by atoms with Gasteiger partial charge in [-0.3, -0.25) is 0 Å². The Bertz CT molecular complexity index is 833. The van der Waals surface area contributed by atoms with Crippen molar-refractivity contribution >= 4 is 12.4 Å². The summed E-state index contributed by atoms with van der Waals surface area (Å²) in [5, 5.41) is 0. The third-order valence-electron chi connectivity index (χ3n) is 4.22. The molecule has 4 heteroatoms. The highest BCUT2D eigenvalue weighted by molar-refractivity contribution is 5.85. The van der Waals surface area contributed by atoms with Crippen LogP contribution < -0.4 is 15.2 Å². The molecule has 3 rings (SSSR count). The molecule has 2 N–H and O–H groups in total. The van der Waals surface area contributed by atoms with Gasteiger partial charge in [-0.05, 0) is 53.4 Å². The van der Waals surface area contributed by atoms with Gasteiger partial charge >= 0.3 is 0 Å². The molecule has 3 aromatic carbocycles. The predicted molar refractivity (Wildman–Crippen MR) is 109 cm³/mol. The molecule has 0 unspecified atom stereocenters. The largest absolute Gasteiger partial charge is 0.497 e. The predicted octanol–water partition coefficient (Wildman–Crippen LogP) is 5.13. The van der Waals surface area contributed by atoms with Crippen LogP contribution in [0.5, 0.6) is 11.5 Å². The van der Waals surface area contributed by atoms with Crippen LogP contribution in [0.4, 0.5) is 0 Å². The highest BCUT2D eigenvalue weighted by Crippen LogP contribution is 2.31. The van der Waals surface area contributed by atoms with E-state index in [0.717, 1.165) is 39.3 Å². The molecular weight excluding hydrogens is 346 g/mol. The number of hydrogen-bond donors (Lipinski definition) is 1. The summed E-state index contributed by atoms with van der Waals surface area (Å²) in [4.78, 5) is 0. The minimum absolute atomic E-state index is 0. The van der Waals surface area contributed by atoms with E-state index in [1.54, 1.807) is 7.11 Å². The second-order valence-electron chi connectivity index (χ2n) is 5.99. The van der Waals surface area contributed by atoms with E-state index in [1.165, 1.54) is 0 Å². The maximum absolute atomic E-state index is 6.07. The molecule has 0 radical (unpaired) electrons. The molecule has 3 aromatic rings. The lowest BCUT2D eigenvalue weighted by molar-refractivity contribution is 0.301. The molecule has 0 atom stereocenters.